The Morgan fingerprint density at radius 2 is 1.95 bits per heavy atom. The van der Waals surface area contributed by atoms with Crippen LogP contribution in [0.3, 0.4) is 0 Å². The van der Waals surface area contributed by atoms with E-state index >= 15 is 0 Å². The molecule has 1 aromatic carbocycles. The molecule has 0 spiro atoms. The standard InChI is InChI=1S/C15H20F3N/c1-10-6-7-11(2)12(8-10)9-13-4-3-5-14(19-13)15(16,17)18/h6-8,13-14,19H,3-5,9H2,1-2H3. The summed E-state index contributed by atoms with van der Waals surface area (Å²) in [5.41, 5.74) is 3.46. The third kappa shape index (κ3) is 3.72. The first-order valence-corrected chi connectivity index (χ1v) is 6.75. The third-order valence-electron chi connectivity index (χ3n) is 3.85. The van der Waals surface area contributed by atoms with Crippen LogP contribution >= 0.6 is 0 Å². The fourth-order valence-electron chi connectivity index (χ4n) is 2.72. The number of hydrogen-bond acceptors (Lipinski definition) is 1. The van der Waals surface area contributed by atoms with Crippen LogP contribution in [0.15, 0.2) is 18.2 Å². The average molecular weight is 271 g/mol. The molecule has 0 amide bonds. The second kappa shape index (κ2) is 5.53. The first kappa shape index (κ1) is 14.4. The van der Waals surface area contributed by atoms with Gasteiger partial charge >= 0.3 is 6.18 Å². The first-order valence-electron chi connectivity index (χ1n) is 6.75. The molecule has 0 aromatic heterocycles. The summed E-state index contributed by atoms with van der Waals surface area (Å²) in [5.74, 6) is 0. The second-order valence-corrected chi connectivity index (χ2v) is 5.52. The van der Waals surface area contributed by atoms with Crippen molar-refractivity contribution >= 4 is 0 Å². The van der Waals surface area contributed by atoms with E-state index in [-0.39, 0.29) is 12.5 Å². The minimum atomic E-state index is -4.12. The van der Waals surface area contributed by atoms with E-state index in [0.717, 1.165) is 23.1 Å². The Morgan fingerprint density at radius 1 is 1.21 bits per heavy atom. The maximum Gasteiger partial charge on any atom is 0.403 e. The van der Waals surface area contributed by atoms with Gasteiger partial charge < -0.3 is 5.32 Å². The Kier molecular flexibility index (Phi) is 4.19. The van der Waals surface area contributed by atoms with E-state index in [4.69, 9.17) is 0 Å². The highest BCUT2D eigenvalue weighted by Crippen LogP contribution is 2.29. The molecule has 0 aliphatic carbocycles. The van der Waals surface area contributed by atoms with Crippen molar-refractivity contribution in [2.75, 3.05) is 0 Å². The summed E-state index contributed by atoms with van der Waals surface area (Å²) in [6.45, 7) is 4.02. The lowest BCUT2D eigenvalue weighted by Gasteiger charge is -2.32. The summed E-state index contributed by atoms with van der Waals surface area (Å²) in [5, 5.41) is 2.76. The van der Waals surface area contributed by atoms with Crippen molar-refractivity contribution in [3.63, 3.8) is 0 Å². The number of piperidine rings is 1. The van der Waals surface area contributed by atoms with Gasteiger partial charge in [-0.2, -0.15) is 13.2 Å². The first-order chi connectivity index (χ1) is 8.86. The van der Waals surface area contributed by atoms with Gasteiger partial charge in [0.05, 0.1) is 0 Å². The van der Waals surface area contributed by atoms with Crippen LogP contribution in [0.2, 0.25) is 0 Å². The van der Waals surface area contributed by atoms with Gasteiger partial charge in [-0.3, -0.25) is 0 Å². The van der Waals surface area contributed by atoms with Crippen LogP contribution < -0.4 is 5.32 Å². The van der Waals surface area contributed by atoms with Crippen molar-refractivity contribution in [1.82, 2.24) is 5.32 Å². The summed E-state index contributed by atoms with van der Waals surface area (Å²) in [6, 6.07) is 4.74. The third-order valence-corrected chi connectivity index (χ3v) is 3.85. The molecular weight excluding hydrogens is 251 g/mol. The predicted molar refractivity (Wildman–Crippen MR) is 70.2 cm³/mol. The van der Waals surface area contributed by atoms with E-state index in [1.807, 2.05) is 26.0 Å². The molecule has 1 N–H and O–H groups in total. The lowest BCUT2D eigenvalue weighted by molar-refractivity contribution is -0.163. The lowest BCUT2D eigenvalue weighted by atomic mass is 9.91. The summed E-state index contributed by atoms with van der Waals surface area (Å²) >= 11 is 0. The molecular formula is C15H20F3N. The minimum absolute atomic E-state index is 0.0686. The maximum absolute atomic E-state index is 12.7. The molecule has 19 heavy (non-hydrogen) atoms. The molecule has 1 aromatic rings. The molecule has 1 fully saturated rings. The van der Waals surface area contributed by atoms with Gasteiger partial charge in [0.15, 0.2) is 0 Å². The van der Waals surface area contributed by atoms with Crippen LogP contribution in [-0.4, -0.2) is 18.3 Å². The highest BCUT2D eigenvalue weighted by Gasteiger charge is 2.41. The lowest BCUT2D eigenvalue weighted by Crippen LogP contribution is -2.51. The molecule has 1 nitrogen and oxygen atoms in total. The number of benzene rings is 1. The van der Waals surface area contributed by atoms with E-state index < -0.39 is 12.2 Å². The largest absolute Gasteiger partial charge is 0.403 e. The fraction of sp³-hybridized carbons (Fsp3) is 0.600. The van der Waals surface area contributed by atoms with E-state index in [0.29, 0.717) is 12.8 Å². The van der Waals surface area contributed by atoms with Crippen LogP contribution in [0, 0.1) is 13.8 Å². The van der Waals surface area contributed by atoms with Crippen molar-refractivity contribution in [2.45, 2.75) is 57.8 Å². The summed E-state index contributed by atoms with van der Waals surface area (Å²) in [4.78, 5) is 0. The maximum atomic E-state index is 12.7. The normalized spacial score (nSPS) is 24.5. The van der Waals surface area contributed by atoms with Crippen molar-refractivity contribution in [1.29, 1.82) is 0 Å². The zero-order valence-corrected chi connectivity index (χ0v) is 11.3. The van der Waals surface area contributed by atoms with Crippen LogP contribution in [0.25, 0.3) is 0 Å². The number of rotatable bonds is 2. The summed E-state index contributed by atoms with van der Waals surface area (Å²) in [7, 11) is 0. The number of aryl methyl sites for hydroxylation is 2. The average Bonchev–Trinajstić information content (AvgIpc) is 2.33. The molecule has 1 saturated heterocycles. The van der Waals surface area contributed by atoms with Gasteiger partial charge in [-0.15, -0.1) is 0 Å². The summed E-state index contributed by atoms with van der Waals surface area (Å²) < 4.78 is 38.2. The monoisotopic (exact) mass is 271 g/mol. The van der Waals surface area contributed by atoms with E-state index in [9.17, 15) is 13.2 Å². The van der Waals surface area contributed by atoms with Crippen molar-refractivity contribution in [2.24, 2.45) is 0 Å². The number of nitrogens with one attached hydrogen (secondary N) is 1. The molecule has 0 bridgehead atoms. The summed E-state index contributed by atoms with van der Waals surface area (Å²) in [6.07, 6.45) is -1.78. The molecule has 1 aliphatic rings. The SMILES string of the molecule is Cc1ccc(C)c(CC2CCCC(C(F)(F)F)N2)c1. The van der Waals surface area contributed by atoms with Crippen LogP contribution in [0.5, 0.6) is 0 Å². The Hall–Kier alpha value is -1.03. The van der Waals surface area contributed by atoms with Gasteiger partial charge in [-0.05, 0) is 50.7 Å². The number of hydrogen-bond donors (Lipinski definition) is 1. The smallest absolute Gasteiger partial charge is 0.303 e. The zero-order valence-electron chi connectivity index (χ0n) is 11.3. The molecule has 1 aliphatic heterocycles. The molecule has 2 unspecified atom stereocenters. The molecule has 2 atom stereocenters. The number of alkyl halides is 3. The molecule has 106 valence electrons. The van der Waals surface area contributed by atoms with E-state index in [2.05, 4.69) is 11.4 Å². The molecule has 0 saturated carbocycles. The predicted octanol–water partition coefficient (Wildman–Crippen LogP) is 3.92. The van der Waals surface area contributed by atoms with E-state index in [1.165, 1.54) is 0 Å². The molecule has 0 radical (unpaired) electrons. The Labute approximate surface area is 112 Å². The highest BCUT2D eigenvalue weighted by molar-refractivity contribution is 5.31. The van der Waals surface area contributed by atoms with Crippen LogP contribution in [0.4, 0.5) is 13.2 Å². The van der Waals surface area contributed by atoms with Gasteiger partial charge in [0, 0.05) is 6.04 Å². The van der Waals surface area contributed by atoms with Crippen molar-refractivity contribution in [3.05, 3.63) is 34.9 Å². The highest BCUT2D eigenvalue weighted by atomic mass is 19.4. The fourth-order valence-corrected chi connectivity index (χ4v) is 2.72. The van der Waals surface area contributed by atoms with E-state index in [1.54, 1.807) is 0 Å². The van der Waals surface area contributed by atoms with Gasteiger partial charge in [-0.25, -0.2) is 0 Å². The Bertz CT molecular complexity index is 440. The quantitative estimate of drug-likeness (QED) is 0.859. The molecule has 2 rings (SSSR count). The Balaban J connectivity index is 2.05. The Morgan fingerprint density at radius 3 is 2.63 bits per heavy atom. The van der Waals surface area contributed by atoms with Gasteiger partial charge in [-0.1, -0.05) is 23.8 Å². The van der Waals surface area contributed by atoms with Gasteiger partial charge in [0.25, 0.3) is 0 Å². The van der Waals surface area contributed by atoms with Crippen LogP contribution in [0.1, 0.15) is 36.0 Å². The minimum Gasteiger partial charge on any atom is -0.303 e. The van der Waals surface area contributed by atoms with Crippen LogP contribution in [-0.2, 0) is 6.42 Å². The van der Waals surface area contributed by atoms with Gasteiger partial charge in [0.2, 0.25) is 0 Å². The topological polar surface area (TPSA) is 12.0 Å². The molecule has 1 heterocycles. The van der Waals surface area contributed by atoms with Crippen molar-refractivity contribution < 1.29 is 13.2 Å². The number of halogens is 3. The molecule has 4 heteroatoms. The second-order valence-electron chi connectivity index (χ2n) is 5.52. The zero-order chi connectivity index (χ0) is 14.0. The van der Waals surface area contributed by atoms with Gasteiger partial charge in [0.1, 0.15) is 6.04 Å². The van der Waals surface area contributed by atoms with Crippen molar-refractivity contribution in [3.8, 4) is 0 Å².